The van der Waals surface area contributed by atoms with Crippen molar-refractivity contribution in [3.05, 3.63) is 64.8 Å². The summed E-state index contributed by atoms with van der Waals surface area (Å²) >= 11 is 1.46. The van der Waals surface area contributed by atoms with E-state index in [-0.39, 0.29) is 35.4 Å². The Morgan fingerprint density at radius 1 is 1.13 bits per heavy atom. The van der Waals surface area contributed by atoms with Gasteiger partial charge in [-0.1, -0.05) is 23.9 Å². The van der Waals surface area contributed by atoms with Crippen molar-refractivity contribution in [3.8, 4) is 6.07 Å². The van der Waals surface area contributed by atoms with E-state index in [1.165, 1.54) is 28.6 Å². The molecule has 0 spiro atoms. The normalized spacial score (nSPS) is 18.7. The molecule has 2 aliphatic heterocycles. The molecule has 198 valence electrons. The Hall–Kier alpha value is -3.40. The van der Waals surface area contributed by atoms with Crippen LogP contribution in [-0.4, -0.2) is 80.3 Å². The predicted molar refractivity (Wildman–Crippen MR) is 138 cm³/mol. The third kappa shape index (κ3) is 5.55. The van der Waals surface area contributed by atoms with Crippen LogP contribution in [-0.2, 0) is 23.9 Å². The molecule has 3 heterocycles. The molecule has 1 saturated heterocycles. The topological polar surface area (TPSA) is 97.8 Å². The smallest absolute Gasteiger partial charge is 0.395 e. The number of aliphatic hydroxyl groups excluding tert-OH is 1. The first-order valence-corrected chi connectivity index (χ1v) is 13.0. The summed E-state index contributed by atoms with van der Waals surface area (Å²) in [4.78, 5) is 21.2. The molecule has 0 radical (unpaired) electrons. The van der Waals surface area contributed by atoms with Crippen molar-refractivity contribution < 1.29 is 23.1 Å². The Kier molecular flexibility index (Phi) is 7.43. The lowest BCUT2D eigenvalue weighted by atomic mass is 10.0. The third-order valence-corrected chi connectivity index (χ3v) is 7.99. The van der Waals surface area contributed by atoms with Gasteiger partial charge in [0.05, 0.1) is 47.3 Å². The maximum atomic E-state index is 13.6. The Morgan fingerprint density at radius 2 is 1.92 bits per heavy atom. The number of nitriles is 1. The highest BCUT2D eigenvalue weighted by atomic mass is 32.2. The second-order valence-electron chi connectivity index (χ2n) is 9.27. The van der Waals surface area contributed by atoms with Crippen molar-refractivity contribution >= 4 is 33.7 Å². The second kappa shape index (κ2) is 10.8. The van der Waals surface area contributed by atoms with Crippen LogP contribution in [0.25, 0.3) is 10.9 Å². The molecule has 8 nitrogen and oxygen atoms in total. The minimum atomic E-state index is -4.59. The summed E-state index contributed by atoms with van der Waals surface area (Å²) in [5, 5.41) is 23.6. The molecule has 2 aromatic carbocycles. The standard InChI is InChI=1S/C26H25F3N6O2S/c27-26(28,29)21-12-18(14-30)1-3-19(21)16-35-22-4-2-17(11-20(22)15-31-35)13-23-24(37)32-25(38-23)34-7-5-33(6-8-34)9-10-36/h1-4,11-12,15,23,36H,5-10,13,16H2. The van der Waals surface area contributed by atoms with E-state index in [1.54, 1.807) is 18.3 Å². The van der Waals surface area contributed by atoms with E-state index in [9.17, 15) is 18.0 Å². The molecule has 1 atom stereocenters. The summed E-state index contributed by atoms with van der Waals surface area (Å²) < 4.78 is 42.3. The molecule has 1 unspecified atom stereocenters. The number of hydrogen-bond acceptors (Lipinski definition) is 7. The maximum Gasteiger partial charge on any atom is 0.416 e. The molecule has 0 aliphatic carbocycles. The quantitative estimate of drug-likeness (QED) is 0.511. The summed E-state index contributed by atoms with van der Waals surface area (Å²) in [6, 6.07) is 10.9. The van der Waals surface area contributed by atoms with Crippen LogP contribution in [0, 0.1) is 11.3 Å². The lowest BCUT2D eigenvalue weighted by Crippen LogP contribution is -2.48. The van der Waals surface area contributed by atoms with Crippen LogP contribution in [0.1, 0.15) is 22.3 Å². The number of halogens is 3. The van der Waals surface area contributed by atoms with Crippen molar-refractivity contribution in [2.45, 2.75) is 24.4 Å². The van der Waals surface area contributed by atoms with Crippen molar-refractivity contribution in [1.29, 1.82) is 5.26 Å². The molecule has 1 amide bonds. The Morgan fingerprint density at radius 3 is 2.63 bits per heavy atom. The van der Waals surface area contributed by atoms with Gasteiger partial charge >= 0.3 is 6.18 Å². The highest BCUT2D eigenvalue weighted by Gasteiger charge is 2.34. The molecular weight excluding hydrogens is 517 g/mol. The van der Waals surface area contributed by atoms with Crippen LogP contribution in [0.2, 0.25) is 0 Å². The highest BCUT2D eigenvalue weighted by molar-refractivity contribution is 8.15. The van der Waals surface area contributed by atoms with E-state index >= 15 is 0 Å². The number of β-amino-alcohol motifs (C(OH)–C–C–N with tert-alkyl or cyclic N) is 1. The number of alkyl halides is 3. The lowest BCUT2D eigenvalue weighted by molar-refractivity contribution is -0.138. The fourth-order valence-corrected chi connectivity index (χ4v) is 5.92. The summed E-state index contributed by atoms with van der Waals surface area (Å²) in [5.41, 5.74) is 0.724. The Labute approximate surface area is 221 Å². The first-order chi connectivity index (χ1) is 18.2. The number of benzene rings is 2. The number of nitrogens with zero attached hydrogens (tertiary/aromatic N) is 6. The van der Waals surface area contributed by atoms with Crippen LogP contribution in [0.4, 0.5) is 13.2 Å². The van der Waals surface area contributed by atoms with E-state index in [1.807, 2.05) is 12.1 Å². The number of aliphatic imine (C=N–C) groups is 1. The van der Waals surface area contributed by atoms with E-state index in [0.29, 0.717) is 18.5 Å². The van der Waals surface area contributed by atoms with Gasteiger partial charge in [0.2, 0.25) is 0 Å². The third-order valence-electron chi connectivity index (χ3n) is 6.78. The van der Waals surface area contributed by atoms with Gasteiger partial charge in [0.25, 0.3) is 5.91 Å². The van der Waals surface area contributed by atoms with Crippen LogP contribution in [0.5, 0.6) is 0 Å². The Balaban J connectivity index is 1.27. The number of aliphatic hydroxyl groups is 1. The minimum Gasteiger partial charge on any atom is -0.395 e. The maximum absolute atomic E-state index is 13.6. The van der Waals surface area contributed by atoms with E-state index < -0.39 is 11.7 Å². The van der Waals surface area contributed by atoms with Gasteiger partial charge in [0.15, 0.2) is 5.17 Å². The summed E-state index contributed by atoms with van der Waals surface area (Å²) in [6.45, 7) is 3.81. The van der Waals surface area contributed by atoms with Gasteiger partial charge in [-0.15, -0.1) is 0 Å². The highest BCUT2D eigenvalue weighted by Crippen LogP contribution is 2.34. The average Bonchev–Trinajstić information content (AvgIpc) is 3.47. The van der Waals surface area contributed by atoms with Gasteiger partial charge in [-0.2, -0.15) is 28.5 Å². The fraction of sp³-hybridized carbons (Fsp3) is 0.385. The number of amides is 1. The number of carbonyl (C=O) groups is 1. The SMILES string of the molecule is N#Cc1ccc(Cn2ncc3cc(CC4SC(N5CCN(CCO)CC5)=NC4=O)ccc32)c(C(F)(F)F)c1. The molecule has 1 aromatic heterocycles. The lowest BCUT2D eigenvalue weighted by Gasteiger charge is -2.35. The molecule has 38 heavy (non-hydrogen) atoms. The number of aromatic nitrogens is 2. The molecule has 5 rings (SSSR count). The van der Waals surface area contributed by atoms with Crippen molar-refractivity contribution in [1.82, 2.24) is 19.6 Å². The van der Waals surface area contributed by atoms with Crippen LogP contribution in [0.3, 0.4) is 0 Å². The van der Waals surface area contributed by atoms with Gasteiger partial charge in [-0.3, -0.25) is 14.4 Å². The van der Waals surface area contributed by atoms with Gasteiger partial charge < -0.3 is 10.0 Å². The molecular formula is C26H25F3N6O2S. The fourth-order valence-electron chi connectivity index (χ4n) is 4.76. The molecule has 1 fully saturated rings. The molecule has 1 N–H and O–H groups in total. The van der Waals surface area contributed by atoms with Crippen molar-refractivity contribution in [3.63, 3.8) is 0 Å². The molecule has 12 heteroatoms. The molecule has 2 aliphatic rings. The average molecular weight is 543 g/mol. The molecule has 0 bridgehead atoms. The zero-order chi connectivity index (χ0) is 26.9. The number of rotatable bonds is 6. The zero-order valence-electron chi connectivity index (χ0n) is 20.4. The zero-order valence-corrected chi connectivity index (χ0v) is 21.2. The van der Waals surface area contributed by atoms with E-state index in [0.717, 1.165) is 48.4 Å². The monoisotopic (exact) mass is 542 g/mol. The minimum absolute atomic E-state index is 0.0281. The van der Waals surface area contributed by atoms with E-state index in [4.69, 9.17) is 10.4 Å². The summed E-state index contributed by atoms with van der Waals surface area (Å²) in [5.74, 6) is -0.168. The molecule has 0 saturated carbocycles. The summed E-state index contributed by atoms with van der Waals surface area (Å²) in [6.07, 6.45) is -2.50. The summed E-state index contributed by atoms with van der Waals surface area (Å²) in [7, 11) is 0. The predicted octanol–water partition coefficient (Wildman–Crippen LogP) is 3.13. The first kappa shape index (κ1) is 26.2. The largest absolute Gasteiger partial charge is 0.416 e. The number of hydrogen-bond donors (Lipinski definition) is 1. The van der Waals surface area contributed by atoms with Crippen LogP contribution in [0.15, 0.2) is 47.6 Å². The second-order valence-corrected chi connectivity index (χ2v) is 10.4. The Bertz CT molecular complexity index is 1420. The van der Waals surface area contributed by atoms with Crippen molar-refractivity contribution in [2.24, 2.45) is 4.99 Å². The van der Waals surface area contributed by atoms with Gasteiger partial charge in [-0.05, 0) is 41.8 Å². The van der Waals surface area contributed by atoms with Crippen LogP contribution < -0.4 is 0 Å². The van der Waals surface area contributed by atoms with Gasteiger partial charge in [0, 0.05) is 38.1 Å². The first-order valence-electron chi connectivity index (χ1n) is 12.2. The number of amidine groups is 1. The van der Waals surface area contributed by atoms with Gasteiger partial charge in [-0.25, -0.2) is 0 Å². The van der Waals surface area contributed by atoms with Crippen LogP contribution >= 0.6 is 11.8 Å². The number of fused-ring (bicyclic) bond motifs is 1. The number of piperazine rings is 1. The van der Waals surface area contributed by atoms with E-state index in [2.05, 4.69) is 19.9 Å². The van der Waals surface area contributed by atoms with Crippen molar-refractivity contribution in [2.75, 3.05) is 39.3 Å². The number of carbonyl (C=O) groups excluding carboxylic acids is 1. The number of thioether (sulfide) groups is 1. The molecule has 3 aromatic rings. The van der Waals surface area contributed by atoms with Gasteiger partial charge in [0.1, 0.15) is 0 Å².